The highest BCUT2D eigenvalue weighted by atomic mass is 32.2. The van der Waals surface area contributed by atoms with E-state index in [0.29, 0.717) is 24.3 Å². The molecule has 2 aromatic rings. The van der Waals surface area contributed by atoms with Crippen molar-refractivity contribution in [3.8, 4) is 11.5 Å². The number of amides is 1. The highest BCUT2D eigenvalue weighted by Crippen LogP contribution is 2.20. The lowest BCUT2D eigenvalue weighted by Gasteiger charge is -2.11. The number of hydrogen-bond acceptors (Lipinski definition) is 5. The number of carbonyl (C=O) groups excluding carboxylic acids is 1. The number of carbonyl (C=O) groups is 1. The molecule has 8 heteroatoms. The van der Waals surface area contributed by atoms with Crippen LogP contribution in [0.25, 0.3) is 0 Å². The summed E-state index contributed by atoms with van der Waals surface area (Å²) in [6.07, 6.45) is 0.639. The molecule has 7 nitrogen and oxygen atoms in total. The molecule has 0 radical (unpaired) electrons. The minimum Gasteiger partial charge on any atom is -0.497 e. The molecule has 2 N–H and O–H groups in total. The number of methoxy groups -OCH3 is 2. The smallest absolute Gasteiger partial charge is 0.241 e. The van der Waals surface area contributed by atoms with Crippen LogP contribution in [-0.2, 0) is 21.2 Å². The zero-order chi connectivity index (χ0) is 19.9. The van der Waals surface area contributed by atoms with Gasteiger partial charge in [-0.3, -0.25) is 4.79 Å². The molecule has 2 aromatic carbocycles. The summed E-state index contributed by atoms with van der Waals surface area (Å²) in [4.78, 5) is 12.0. The number of hydrogen-bond donors (Lipinski definition) is 2. The van der Waals surface area contributed by atoms with E-state index in [4.69, 9.17) is 9.47 Å². The molecule has 0 saturated carbocycles. The largest absolute Gasteiger partial charge is 0.497 e. The molecule has 146 valence electrons. The number of aryl methyl sites for hydroxylation is 1. The standard InChI is InChI=1S/C19H24N2O5S/c1-14-12-17(26-3)8-9-18(14)27(23,24)21-13-19(22)20-11-10-15-4-6-16(25-2)7-5-15/h4-9,12,21H,10-11,13H2,1-3H3,(H,20,22). The first-order chi connectivity index (χ1) is 12.9. The third kappa shape index (κ3) is 5.97. The second kappa shape index (κ2) is 9.38. The lowest BCUT2D eigenvalue weighted by molar-refractivity contribution is -0.119. The molecule has 0 aromatic heterocycles. The number of nitrogens with one attached hydrogen (secondary N) is 2. The van der Waals surface area contributed by atoms with Crippen LogP contribution in [0.3, 0.4) is 0 Å². The van der Waals surface area contributed by atoms with Crippen LogP contribution >= 0.6 is 0 Å². The molecule has 2 rings (SSSR count). The molecule has 0 unspecified atom stereocenters. The van der Waals surface area contributed by atoms with E-state index in [1.54, 1.807) is 26.2 Å². The number of benzene rings is 2. The summed E-state index contributed by atoms with van der Waals surface area (Å²) in [5.74, 6) is 0.951. The Labute approximate surface area is 159 Å². The first-order valence-corrected chi connectivity index (χ1v) is 9.88. The molecule has 0 aliphatic carbocycles. The molecule has 0 heterocycles. The maximum absolute atomic E-state index is 12.4. The summed E-state index contributed by atoms with van der Waals surface area (Å²) in [6, 6.07) is 12.2. The molecular weight excluding hydrogens is 368 g/mol. The van der Waals surface area contributed by atoms with Crippen molar-refractivity contribution in [2.45, 2.75) is 18.2 Å². The highest BCUT2D eigenvalue weighted by molar-refractivity contribution is 7.89. The molecule has 0 spiro atoms. The third-order valence-electron chi connectivity index (χ3n) is 3.99. The molecule has 0 atom stereocenters. The summed E-state index contributed by atoms with van der Waals surface area (Å²) in [5.41, 5.74) is 1.59. The normalized spacial score (nSPS) is 11.1. The van der Waals surface area contributed by atoms with Crippen molar-refractivity contribution >= 4 is 15.9 Å². The zero-order valence-corrected chi connectivity index (χ0v) is 16.4. The molecule has 0 fully saturated rings. The van der Waals surface area contributed by atoms with Crippen molar-refractivity contribution in [2.75, 3.05) is 27.3 Å². The first kappa shape index (κ1) is 20.7. The minimum atomic E-state index is -3.78. The van der Waals surface area contributed by atoms with Crippen molar-refractivity contribution in [1.82, 2.24) is 10.0 Å². The maximum Gasteiger partial charge on any atom is 0.241 e. The summed E-state index contributed by atoms with van der Waals surface area (Å²) in [5, 5.41) is 2.70. The Morgan fingerprint density at radius 2 is 1.63 bits per heavy atom. The molecule has 1 amide bonds. The van der Waals surface area contributed by atoms with Gasteiger partial charge < -0.3 is 14.8 Å². The fraction of sp³-hybridized carbons (Fsp3) is 0.316. The SMILES string of the molecule is COc1ccc(CCNC(=O)CNS(=O)(=O)c2ccc(OC)cc2C)cc1. The Hall–Kier alpha value is -2.58. The van der Waals surface area contributed by atoms with Gasteiger partial charge in [-0.2, -0.15) is 0 Å². The number of ether oxygens (including phenoxy) is 2. The van der Waals surface area contributed by atoms with Gasteiger partial charge in [0.25, 0.3) is 0 Å². The second-order valence-electron chi connectivity index (χ2n) is 5.90. The van der Waals surface area contributed by atoms with E-state index in [-0.39, 0.29) is 11.4 Å². The lowest BCUT2D eigenvalue weighted by Crippen LogP contribution is -2.37. The average Bonchev–Trinajstić information content (AvgIpc) is 2.66. The monoisotopic (exact) mass is 392 g/mol. The van der Waals surface area contributed by atoms with Gasteiger partial charge in [0.05, 0.1) is 25.7 Å². The van der Waals surface area contributed by atoms with Gasteiger partial charge in [-0.15, -0.1) is 0 Å². The van der Waals surface area contributed by atoms with E-state index in [0.717, 1.165) is 11.3 Å². The van der Waals surface area contributed by atoms with E-state index in [1.807, 2.05) is 24.3 Å². The van der Waals surface area contributed by atoms with Gasteiger partial charge in [0, 0.05) is 6.54 Å². The number of rotatable bonds is 9. The zero-order valence-electron chi connectivity index (χ0n) is 15.6. The Morgan fingerprint density at radius 3 is 2.22 bits per heavy atom. The van der Waals surface area contributed by atoms with Crippen LogP contribution in [-0.4, -0.2) is 41.6 Å². The maximum atomic E-state index is 12.4. The van der Waals surface area contributed by atoms with Gasteiger partial charge in [0.1, 0.15) is 11.5 Å². The van der Waals surface area contributed by atoms with Crippen LogP contribution in [0, 0.1) is 6.92 Å². The summed E-state index contributed by atoms with van der Waals surface area (Å²) < 4.78 is 37.2. The summed E-state index contributed by atoms with van der Waals surface area (Å²) in [6.45, 7) is 1.76. The Bertz CT molecular complexity index is 879. The van der Waals surface area contributed by atoms with Crippen molar-refractivity contribution < 1.29 is 22.7 Å². The fourth-order valence-corrected chi connectivity index (χ4v) is 3.70. The molecule has 0 aliphatic heterocycles. The van der Waals surface area contributed by atoms with Gasteiger partial charge >= 0.3 is 0 Å². The number of sulfonamides is 1. The lowest BCUT2D eigenvalue weighted by atomic mass is 10.1. The van der Waals surface area contributed by atoms with E-state index in [1.165, 1.54) is 13.2 Å². The van der Waals surface area contributed by atoms with Gasteiger partial charge in [-0.1, -0.05) is 12.1 Å². The van der Waals surface area contributed by atoms with E-state index < -0.39 is 15.9 Å². The predicted molar refractivity (Wildman–Crippen MR) is 103 cm³/mol. The second-order valence-corrected chi connectivity index (χ2v) is 7.64. The van der Waals surface area contributed by atoms with Gasteiger partial charge in [0.15, 0.2) is 0 Å². The van der Waals surface area contributed by atoms with Gasteiger partial charge in [0.2, 0.25) is 15.9 Å². The molecular formula is C19H24N2O5S. The van der Waals surface area contributed by atoms with Gasteiger partial charge in [-0.05, 0) is 54.8 Å². The molecule has 0 aliphatic rings. The van der Waals surface area contributed by atoms with E-state index in [9.17, 15) is 13.2 Å². The topological polar surface area (TPSA) is 93.7 Å². The Morgan fingerprint density at radius 1 is 1.00 bits per heavy atom. The van der Waals surface area contributed by atoms with Crippen molar-refractivity contribution in [2.24, 2.45) is 0 Å². The Kier molecular flexibility index (Phi) is 7.20. The minimum absolute atomic E-state index is 0.120. The van der Waals surface area contributed by atoms with Gasteiger partial charge in [-0.25, -0.2) is 13.1 Å². The van der Waals surface area contributed by atoms with Crippen molar-refractivity contribution in [3.05, 3.63) is 53.6 Å². The van der Waals surface area contributed by atoms with Crippen LogP contribution in [0.1, 0.15) is 11.1 Å². The first-order valence-electron chi connectivity index (χ1n) is 8.39. The van der Waals surface area contributed by atoms with Crippen LogP contribution in [0.4, 0.5) is 0 Å². The quantitative estimate of drug-likeness (QED) is 0.677. The van der Waals surface area contributed by atoms with E-state index in [2.05, 4.69) is 10.0 Å². The third-order valence-corrected chi connectivity index (χ3v) is 5.55. The van der Waals surface area contributed by atoms with Crippen molar-refractivity contribution in [3.63, 3.8) is 0 Å². The molecule has 0 bridgehead atoms. The molecule has 27 heavy (non-hydrogen) atoms. The average molecular weight is 392 g/mol. The summed E-state index contributed by atoms with van der Waals surface area (Å²) in [7, 11) is -0.664. The van der Waals surface area contributed by atoms with Crippen LogP contribution in [0.2, 0.25) is 0 Å². The van der Waals surface area contributed by atoms with Crippen LogP contribution < -0.4 is 19.5 Å². The fourth-order valence-electron chi connectivity index (χ4n) is 2.49. The Balaban J connectivity index is 1.83. The van der Waals surface area contributed by atoms with E-state index >= 15 is 0 Å². The van der Waals surface area contributed by atoms with Crippen LogP contribution in [0.15, 0.2) is 47.4 Å². The highest BCUT2D eigenvalue weighted by Gasteiger charge is 2.18. The summed E-state index contributed by atoms with van der Waals surface area (Å²) >= 11 is 0. The van der Waals surface area contributed by atoms with Crippen molar-refractivity contribution in [1.29, 1.82) is 0 Å². The van der Waals surface area contributed by atoms with Crippen LogP contribution in [0.5, 0.6) is 11.5 Å². The predicted octanol–water partition coefficient (Wildman–Crippen LogP) is 1.65. The molecule has 0 saturated heterocycles.